The van der Waals surface area contributed by atoms with Crippen molar-refractivity contribution in [2.24, 2.45) is 5.41 Å². The first-order valence-electron chi connectivity index (χ1n) is 5.70. The largest absolute Gasteiger partial charge is 0.393 e. The highest BCUT2D eigenvalue weighted by atomic mass is 32.1. The molecule has 0 radical (unpaired) electrons. The molecule has 1 heterocycles. The van der Waals surface area contributed by atoms with Gasteiger partial charge in [0, 0.05) is 4.88 Å². The van der Waals surface area contributed by atoms with E-state index in [4.69, 9.17) is 0 Å². The predicted molar refractivity (Wildman–Crippen MR) is 67.3 cm³/mol. The van der Waals surface area contributed by atoms with Crippen LogP contribution in [0.5, 0.6) is 0 Å². The van der Waals surface area contributed by atoms with Crippen LogP contribution in [0.15, 0.2) is 17.5 Å². The summed E-state index contributed by atoms with van der Waals surface area (Å²) in [4.78, 5) is 1.46. The van der Waals surface area contributed by atoms with Crippen LogP contribution in [0.4, 0.5) is 0 Å². The average Bonchev–Trinajstić information content (AvgIpc) is 2.63. The second-order valence-corrected chi connectivity index (χ2v) is 6.24. The van der Waals surface area contributed by atoms with E-state index in [1.807, 2.05) is 11.3 Å². The normalized spacial score (nSPS) is 14.1. The van der Waals surface area contributed by atoms with Gasteiger partial charge in [0.15, 0.2) is 0 Å². The lowest BCUT2D eigenvalue weighted by Crippen LogP contribution is -2.25. The van der Waals surface area contributed by atoms with Gasteiger partial charge in [0.1, 0.15) is 0 Å². The number of rotatable bonds is 5. The third kappa shape index (κ3) is 4.80. The van der Waals surface area contributed by atoms with Crippen LogP contribution in [0.25, 0.3) is 0 Å². The van der Waals surface area contributed by atoms with E-state index in [0.29, 0.717) is 0 Å². The fraction of sp³-hybridized carbons (Fsp3) is 0.692. The van der Waals surface area contributed by atoms with E-state index in [9.17, 15) is 5.11 Å². The lowest BCUT2D eigenvalue weighted by Gasteiger charge is -2.25. The zero-order valence-electron chi connectivity index (χ0n) is 9.99. The summed E-state index contributed by atoms with van der Waals surface area (Å²) in [5.41, 5.74) is 0.0307. The van der Waals surface area contributed by atoms with Crippen molar-refractivity contribution in [3.63, 3.8) is 0 Å². The third-order valence-electron chi connectivity index (χ3n) is 2.73. The molecule has 0 saturated heterocycles. The maximum absolute atomic E-state index is 9.85. The average molecular weight is 226 g/mol. The van der Waals surface area contributed by atoms with E-state index in [1.54, 1.807) is 0 Å². The molecule has 1 nitrogen and oxygen atoms in total. The fourth-order valence-electron chi connectivity index (χ4n) is 1.52. The van der Waals surface area contributed by atoms with Gasteiger partial charge in [0.05, 0.1) is 6.10 Å². The number of hydrogen-bond acceptors (Lipinski definition) is 2. The van der Waals surface area contributed by atoms with E-state index < -0.39 is 0 Å². The smallest absolute Gasteiger partial charge is 0.0588 e. The second-order valence-electron chi connectivity index (χ2n) is 5.21. The minimum atomic E-state index is -0.166. The Morgan fingerprint density at radius 3 is 2.60 bits per heavy atom. The van der Waals surface area contributed by atoms with Crippen LogP contribution in [0.2, 0.25) is 0 Å². The van der Waals surface area contributed by atoms with Crippen molar-refractivity contribution in [3.05, 3.63) is 22.4 Å². The Labute approximate surface area is 97.2 Å². The van der Waals surface area contributed by atoms with Gasteiger partial charge in [0.2, 0.25) is 0 Å². The standard InChI is InChI=1S/C13H22OS/c1-13(2,3)12(14)9-5-4-7-11-8-6-10-15-11/h6,8,10,12,14H,4-5,7,9H2,1-3H3. The van der Waals surface area contributed by atoms with Crippen LogP contribution in [-0.4, -0.2) is 11.2 Å². The molecule has 0 bridgehead atoms. The van der Waals surface area contributed by atoms with Gasteiger partial charge in [-0.05, 0) is 36.1 Å². The maximum atomic E-state index is 9.85. The first kappa shape index (κ1) is 12.7. The molecule has 2 heteroatoms. The SMILES string of the molecule is CC(C)(C)C(O)CCCCc1cccs1. The predicted octanol–water partition coefficient (Wildman–Crippen LogP) is 3.87. The van der Waals surface area contributed by atoms with Crippen LogP contribution < -0.4 is 0 Å². The molecular weight excluding hydrogens is 204 g/mol. The van der Waals surface area contributed by atoms with Gasteiger partial charge >= 0.3 is 0 Å². The summed E-state index contributed by atoms with van der Waals surface area (Å²) in [7, 11) is 0. The maximum Gasteiger partial charge on any atom is 0.0588 e. The molecule has 1 unspecified atom stereocenters. The quantitative estimate of drug-likeness (QED) is 0.756. The van der Waals surface area contributed by atoms with Crippen LogP contribution in [0.3, 0.4) is 0 Å². The van der Waals surface area contributed by atoms with Crippen molar-refractivity contribution in [3.8, 4) is 0 Å². The molecular formula is C13H22OS. The highest BCUT2D eigenvalue weighted by Gasteiger charge is 2.20. The molecule has 0 aliphatic carbocycles. The first-order valence-corrected chi connectivity index (χ1v) is 6.58. The summed E-state index contributed by atoms with van der Waals surface area (Å²) < 4.78 is 0. The molecule has 1 N–H and O–H groups in total. The zero-order valence-corrected chi connectivity index (χ0v) is 10.8. The Morgan fingerprint density at radius 2 is 2.07 bits per heavy atom. The molecule has 0 saturated carbocycles. The van der Waals surface area contributed by atoms with Crippen LogP contribution >= 0.6 is 11.3 Å². The lowest BCUT2D eigenvalue weighted by molar-refractivity contribution is 0.0535. The summed E-state index contributed by atoms with van der Waals surface area (Å²) in [5, 5.41) is 12.0. The monoisotopic (exact) mass is 226 g/mol. The molecule has 15 heavy (non-hydrogen) atoms. The molecule has 1 atom stereocenters. The number of aryl methyl sites for hydroxylation is 1. The Bertz CT molecular complexity index is 259. The summed E-state index contributed by atoms with van der Waals surface area (Å²) in [5.74, 6) is 0. The van der Waals surface area contributed by atoms with Crippen molar-refractivity contribution in [1.82, 2.24) is 0 Å². The van der Waals surface area contributed by atoms with Crippen molar-refractivity contribution >= 4 is 11.3 Å². The highest BCUT2D eigenvalue weighted by Crippen LogP contribution is 2.23. The van der Waals surface area contributed by atoms with Crippen molar-refractivity contribution in [2.75, 3.05) is 0 Å². The third-order valence-corrected chi connectivity index (χ3v) is 3.67. The molecule has 0 aromatic carbocycles. The summed E-state index contributed by atoms with van der Waals surface area (Å²) in [6, 6.07) is 4.29. The van der Waals surface area contributed by atoms with E-state index in [1.165, 1.54) is 11.3 Å². The first-order chi connectivity index (χ1) is 7.00. The molecule has 0 aliphatic rings. The van der Waals surface area contributed by atoms with Gasteiger partial charge in [0.25, 0.3) is 0 Å². The van der Waals surface area contributed by atoms with Crippen LogP contribution in [0.1, 0.15) is 44.9 Å². The van der Waals surface area contributed by atoms with Gasteiger partial charge in [-0.25, -0.2) is 0 Å². The topological polar surface area (TPSA) is 20.2 Å². The fourth-order valence-corrected chi connectivity index (χ4v) is 2.28. The Kier molecular flexibility index (Phi) is 4.81. The minimum Gasteiger partial charge on any atom is -0.393 e. The van der Waals surface area contributed by atoms with Gasteiger partial charge in [-0.3, -0.25) is 0 Å². The van der Waals surface area contributed by atoms with Gasteiger partial charge in [-0.15, -0.1) is 11.3 Å². The van der Waals surface area contributed by atoms with Crippen molar-refractivity contribution in [1.29, 1.82) is 0 Å². The number of unbranched alkanes of at least 4 members (excludes halogenated alkanes) is 1. The van der Waals surface area contributed by atoms with E-state index >= 15 is 0 Å². The number of hydrogen-bond donors (Lipinski definition) is 1. The second kappa shape index (κ2) is 5.66. The zero-order chi connectivity index (χ0) is 11.3. The molecule has 86 valence electrons. The Balaban J connectivity index is 2.12. The van der Waals surface area contributed by atoms with Crippen molar-refractivity contribution in [2.45, 2.75) is 52.6 Å². The van der Waals surface area contributed by atoms with Crippen LogP contribution in [-0.2, 0) is 6.42 Å². The molecule has 0 fully saturated rings. The molecule has 1 aromatic rings. The minimum absolute atomic E-state index is 0.0307. The van der Waals surface area contributed by atoms with E-state index in [0.717, 1.165) is 19.3 Å². The van der Waals surface area contributed by atoms with E-state index in [2.05, 4.69) is 38.3 Å². The lowest BCUT2D eigenvalue weighted by atomic mass is 9.86. The molecule has 0 amide bonds. The van der Waals surface area contributed by atoms with E-state index in [-0.39, 0.29) is 11.5 Å². The van der Waals surface area contributed by atoms with Gasteiger partial charge in [-0.1, -0.05) is 33.3 Å². The summed E-state index contributed by atoms with van der Waals surface area (Å²) in [6.07, 6.45) is 4.23. The molecule has 0 spiro atoms. The Hall–Kier alpha value is -0.340. The van der Waals surface area contributed by atoms with Gasteiger partial charge < -0.3 is 5.11 Å². The van der Waals surface area contributed by atoms with Crippen LogP contribution in [0, 0.1) is 5.41 Å². The molecule has 1 aromatic heterocycles. The number of aliphatic hydroxyl groups excluding tert-OH is 1. The van der Waals surface area contributed by atoms with Crippen molar-refractivity contribution < 1.29 is 5.11 Å². The van der Waals surface area contributed by atoms with Gasteiger partial charge in [-0.2, -0.15) is 0 Å². The molecule has 0 aliphatic heterocycles. The number of thiophene rings is 1. The molecule has 1 rings (SSSR count). The Morgan fingerprint density at radius 1 is 1.33 bits per heavy atom. The summed E-state index contributed by atoms with van der Waals surface area (Å²) >= 11 is 1.82. The number of aliphatic hydroxyl groups is 1. The highest BCUT2D eigenvalue weighted by molar-refractivity contribution is 7.09. The summed E-state index contributed by atoms with van der Waals surface area (Å²) in [6.45, 7) is 6.28.